The lowest BCUT2D eigenvalue weighted by atomic mass is 10.2. The second kappa shape index (κ2) is 10.9. The molecule has 0 bridgehead atoms. The lowest BCUT2D eigenvalue weighted by Gasteiger charge is -2.20. The van der Waals surface area contributed by atoms with E-state index in [0.29, 0.717) is 24.2 Å². The molecule has 0 unspecified atom stereocenters. The van der Waals surface area contributed by atoms with Crippen LogP contribution in [0.15, 0.2) is 42.5 Å². The minimum Gasteiger partial charge on any atom is -0.355 e. The van der Waals surface area contributed by atoms with Gasteiger partial charge in [0.05, 0.1) is 24.1 Å². The lowest BCUT2D eigenvalue weighted by Crippen LogP contribution is -2.16. The van der Waals surface area contributed by atoms with Gasteiger partial charge >= 0.3 is 13.8 Å². The van der Waals surface area contributed by atoms with Gasteiger partial charge in [0.1, 0.15) is 5.82 Å². The molecule has 0 amide bonds. The number of halogens is 4. The second-order valence-corrected chi connectivity index (χ2v) is 8.73. The number of rotatable bonds is 11. The smallest absolute Gasteiger partial charge is 0.355 e. The van der Waals surface area contributed by atoms with E-state index in [2.05, 4.69) is 5.32 Å². The van der Waals surface area contributed by atoms with Gasteiger partial charge in [-0.15, -0.1) is 0 Å². The van der Waals surface area contributed by atoms with Gasteiger partial charge < -0.3 is 14.4 Å². The zero-order valence-electron chi connectivity index (χ0n) is 17.0. The van der Waals surface area contributed by atoms with E-state index in [1.54, 1.807) is 0 Å². The molecule has 2 aromatic carbocycles. The Labute approximate surface area is 174 Å². The Morgan fingerprint density at radius 2 is 1.43 bits per heavy atom. The van der Waals surface area contributed by atoms with Crippen molar-refractivity contribution >= 4 is 24.3 Å². The molecule has 0 aliphatic carbocycles. The molecule has 0 fully saturated rings. The third-order valence-corrected chi connectivity index (χ3v) is 6.26. The predicted molar refractivity (Wildman–Crippen MR) is 110 cm³/mol. The Morgan fingerprint density at radius 1 is 0.900 bits per heavy atom. The summed E-state index contributed by atoms with van der Waals surface area (Å²) in [5, 5.41) is 2.67. The molecule has 0 saturated heterocycles. The standard InChI is InChI=1S/C21H26F4NO3P/c1-3-5-13-28-30(27,29-14-6-4-2)20-12-11-18(15-19(20)22)26-17-9-7-16(8-10-17)21(23,24)25/h7-12,15,26H,3-6,13-14H2,1-2H3. The van der Waals surface area contributed by atoms with Crippen LogP contribution in [-0.4, -0.2) is 13.2 Å². The number of anilines is 2. The van der Waals surface area contributed by atoms with Crippen molar-refractivity contribution in [1.29, 1.82) is 0 Å². The SMILES string of the molecule is CCCCOP(=O)(OCCCC)c1ccc(Nc2ccc(C(F)(F)F)cc2)cc1F. The molecule has 0 spiro atoms. The molecule has 166 valence electrons. The molecule has 0 atom stereocenters. The summed E-state index contributed by atoms with van der Waals surface area (Å²) >= 11 is 0. The van der Waals surface area contributed by atoms with E-state index in [1.807, 2.05) is 13.8 Å². The van der Waals surface area contributed by atoms with E-state index in [4.69, 9.17) is 9.05 Å². The molecule has 0 radical (unpaired) electrons. The Bertz CT molecular complexity index is 842. The van der Waals surface area contributed by atoms with Crippen LogP contribution in [0.5, 0.6) is 0 Å². The summed E-state index contributed by atoms with van der Waals surface area (Å²) in [6.45, 7) is 4.28. The zero-order valence-corrected chi connectivity index (χ0v) is 17.9. The van der Waals surface area contributed by atoms with Crippen LogP contribution in [0.25, 0.3) is 0 Å². The highest BCUT2D eigenvalue weighted by molar-refractivity contribution is 7.62. The molecule has 9 heteroatoms. The maximum absolute atomic E-state index is 14.8. The highest BCUT2D eigenvalue weighted by atomic mass is 31.2. The van der Waals surface area contributed by atoms with Gasteiger partial charge in [0.25, 0.3) is 0 Å². The van der Waals surface area contributed by atoms with E-state index < -0.39 is 25.2 Å². The topological polar surface area (TPSA) is 47.6 Å². The van der Waals surface area contributed by atoms with Gasteiger partial charge in [-0.25, -0.2) is 4.39 Å². The van der Waals surface area contributed by atoms with Crippen LogP contribution >= 0.6 is 7.60 Å². The van der Waals surface area contributed by atoms with Crippen LogP contribution in [0.2, 0.25) is 0 Å². The largest absolute Gasteiger partial charge is 0.416 e. The molecule has 0 heterocycles. The summed E-state index contributed by atoms with van der Waals surface area (Å²) in [7, 11) is -3.82. The maximum atomic E-state index is 14.8. The molecule has 2 rings (SSSR count). The zero-order chi connectivity index (χ0) is 22.2. The van der Waals surface area contributed by atoms with Gasteiger partial charge in [-0.3, -0.25) is 4.57 Å². The van der Waals surface area contributed by atoms with Gasteiger partial charge in [0.2, 0.25) is 0 Å². The van der Waals surface area contributed by atoms with Crippen LogP contribution in [-0.2, 0) is 19.8 Å². The summed E-state index contributed by atoms with van der Waals surface area (Å²) in [5.74, 6) is -0.775. The highest BCUT2D eigenvalue weighted by Crippen LogP contribution is 2.48. The molecular weight excluding hydrogens is 421 g/mol. The molecule has 0 aliphatic heterocycles. The third kappa shape index (κ3) is 6.83. The van der Waals surface area contributed by atoms with Crippen molar-refractivity contribution in [2.45, 2.75) is 45.7 Å². The average Bonchev–Trinajstić information content (AvgIpc) is 2.68. The molecule has 2 aromatic rings. The van der Waals surface area contributed by atoms with Crippen molar-refractivity contribution in [3.8, 4) is 0 Å². The Morgan fingerprint density at radius 3 is 1.90 bits per heavy atom. The van der Waals surface area contributed by atoms with E-state index in [9.17, 15) is 22.1 Å². The summed E-state index contributed by atoms with van der Waals surface area (Å²) in [6.07, 6.45) is -1.45. The monoisotopic (exact) mass is 447 g/mol. The minimum atomic E-state index is -4.43. The fourth-order valence-corrected chi connectivity index (χ4v) is 4.23. The molecular formula is C21H26F4NO3P. The lowest BCUT2D eigenvalue weighted by molar-refractivity contribution is -0.137. The first kappa shape index (κ1) is 24.4. The minimum absolute atomic E-state index is 0.160. The Balaban J connectivity index is 2.19. The first-order valence-electron chi connectivity index (χ1n) is 9.83. The number of hydrogen-bond acceptors (Lipinski definition) is 4. The van der Waals surface area contributed by atoms with Crippen molar-refractivity contribution in [2.24, 2.45) is 0 Å². The van der Waals surface area contributed by atoms with E-state index in [0.717, 1.165) is 31.0 Å². The van der Waals surface area contributed by atoms with Crippen LogP contribution in [0.1, 0.15) is 45.1 Å². The first-order valence-corrected chi connectivity index (χ1v) is 11.4. The Hall–Kier alpha value is -1.89. The summed E-state index contributed by atoms with van der Waals surface area (Å²) < 4.78 is 76.8. The molecule has 1 N–H and O–H groups in total. The number of nitrogens with one attached hydrogen (secondary N) is 1. The first-order chi connectivity index (χ1) is 14.2. The predicted octanol–water partition coefficient (Wildman–Crippen LogP) is 7.04. The van der Waals surface area contributed by atoms with Gasteiger partial charge in [-0.2, -0.15) is 13.2 Å². The van der Waals surface area contributed by atoms with Crippen molar-refractivity contribution in [2.75, 3.05) is 18.5 Å². The fourth-order valence-electron chi connectivity index (χ4n) is 2.55. The number of alkyl halides is 3. The van der Waals surface area contributed by atoms with Gasteiger partial charge in [0, 0.05) is 11.4 Å². The van der Waals surface area contributed by atoms with Crippen molar-refractivity contribution in [3.05, 3.63) is 53.8 Å². The van der Waals surface area contributed by atoms with Crippen LogP contribution in [0, 0.1) is 5.82 Å². The fraction of sp³-hybridized carbons (Fsp3) is 0.429. The van der Waals surface area contributed by atoms with E-state index >= 15 is 0 Å². The number of unbranched alkanes of at least 4 members (excludes halogenated alkanes) is 2. The van der Waals surface area contributed by atoms with E-state index in [-0.39, 0.29) is 18.5 Å². The quantitative estimate of drug-likeness (QED) is 0.228. The van der Waals surface area contributed by atoms with Gasteiger partial charge in [0.15, 0.2) is 0 Å². The average molecular weight is 447 g/mol. The molecule has 4 nitrogen and oxygen atoms in total. The number of benzene rings is 2. The van der Waals surface area contributed by atoms with E-state index in [1.165, 1.54) is 24.3 Å². The summed E-state index contributed by atoms with van der Waals surface area (Å²) in [6, 6.07) is 8.29. The molecule has 0 saturated carbocycles. The third-order valence-electron chi connectivity index (χ3n) is 4.26. The van der Waals surface area contributed by atoms with Gasteiger partial charge in [-0.05, 0) is 55.3 Å². The summed E-state index contributed by atoms with van der Waals surface area (Å²) in [4.78, 5) is 0. The summed E-state index contributed by atoms with van der Waals surface area (Å²) in [5.41, 5.74) is -0.120. The van der Waals surface area contributed by atoms with Crippen molar-refractivity contribution in [3.63, 3.8) is 0 Å². The molecule has 0 aromatic heterocycles. The molecule has 30 heavy (non-hydrogen) atoms. The normalized spacial score (nSPS) is 12.2. The van der Waals surface area contributed by atoms with Gasteiger partial charge in [-0.1, -0.05) is 26.7 Å². The number of hydrogen-bond donors (Lipinski definition) is 1. The van der Waals surface area contributed by atoms with Crippen LogP contribution in [0.3, 0.4) is 0 Å². The van der Waals surface area contributed by atoms with Crippen molar-refractivity contribution < 1.29 is 31.2 Å². The van der Waals surface area contributed by atoms with Crippen LogP contribution in [0.4, 0.5) is 28.9 Å². The maximum Gasteiger partial charge on any atom is 0.416 e. The Kier molecular flexibility index (Phi) is 8.89. The highest BCUT2D eigenvalue weighted by Gasteiger charge is 2.31. The second-order valence-electron chi connectivity index (χ2n) is 6.74. The van der Waals surface area contributed by atoms with Crippen LogP contribution < -0.4 is 10.6 Å². The molecule has 0 aliphatic rings. The van der Waals surface area contributed by atoms with Crippen molar-refractivity contribution in [1.82, 2.24) is 0 Å².